The lowest BCUT2D eigenvalue weighted by Gasteiger charge is -2.17. The summed E-state index contributed by atoms with van der Waals surface area (Å²) in [5.74, 6) is 0.746. The van der Waals surface area contributed by atoms with Gasteiger partial charge in [-0.05, 0) is 46.7 Å². The number of para-hydroxylation sites is 2. The van der Waals surface area contributed by atoms with Crippen LogP contribution in [0, 0.1) is 0 Å². The van der Waals surface area contributed by atoms with Gasteiger partial charge in [0.05, 0.1) is 18.9 Å². The Hall–Kier alpha value is -2.58. The van der Waals surface area contributed by atoms with Crippen molar-refractivity contribution in [3.63, 3.8) is 0 Å². The van der Waals surface area contributed by atoms with E-state index in [1.807, 2.05) is 55.5 Å². The summed E-state index contributed by atoms with van der Waals surface area (Å²) in [5, 5.41) is 16.0. The molecule has 9 heteroatoms. The number of ether oxygens (including phenoxy) is 1. The van der Waals surface area contributed by atoms with Gasteiger partial charge in [-0.2, -0.15) is 4.68 Å². The van der Waals surface area contributed by atoms with Crippen LogP contribution in [0.2, 0.25) is 5.02 Å². The third-order valence-electron chi connectivity index (χ3n) is 4.10. The SMILES string of the molecule is CCC(NC(=O)CSc1nnnn1-c1ccccc1OC)c1ccc(Cl)cc1. The molecule has 0 bridgehead atoms. The van der Waals surface area contributed by atoms with Gasteiger partial charge >= 0.3 is 0 Å². The number of methoxy groups -OCH3 is 1. The maximum absolute atomic E-state index is 12.5. The minimum atomic E-state index is -0.0959. The Kier molecular flexibility index (Phi) is 6.89. The number of hydrogen-bond donors (Lipinski definition) is 1. The Morgan fingerprint density at radius 3 is 2.71 bits per heavy atom. The molecule has 7 nitrogen and oxygen atoms in total. The van der Waals surface area contributed by atoms with Crippen molar-refractivity contribution in [3.8, 4) is 11.4 Å². The van der Waals surface area contributed by atoms with Gasteiger partial charge in [-0.3, -0.25) is 4.79 Å². The average molecular weight is 418 g/mol. The summed E-state index contributed by atoms with van der Waals surface area (Å²) < 4.78 is 6.92. The smallest absolute Gasteiger partial charge is 0.230 e. The maximum atomic E-state index is 12.5. The fourth-order valence-electron chi connectivity index (χ4n) is 2.71. The number of rotatable bonds is 8. The zero-order valence-electron chi connectivity index (χ0n) is 15.5. The van der Waals surface area contributed by atoms with E-state index in [1.165, 1.54) is 11.8 Å². The van der Waals surface area contributed by atoms with Gasteiger partial charge in [0.25, 0.3) is 0 Å². The average Bonchev–Trinajstić information content (AvgIpc) is 3.19. The molecule has 3 aromatic rings. The highest BCUT2D eigenvalue weighted by molar-refractivity contribution is 7.99. The monoisotopic (exact) mass is 417 g/mol. The quantitative estimate of drug-likeness (QED) is 0.563. The van der Waals surface area contributed by atoms with E-state index in [9.17, 15) is 4.79 Å². The number of nitrogens with zero attached hydrogens (tertiary/aromatic N) is 4. The molecule has 0 fully saturated rings. The van der Waals surface area contributed by atoms with Crippen LogP contribution in [0.25, 0.3) is 5.69 Å². The van der Waals surface area contributed by atoms with E-state index in [4.69, 9.17) is 16.3 Å². The highest BCUT2D eigenvalue weighted by Gasteiger charge is 2.17. The first-order valence-corrected chi connectivity index (χ1v) is 10.1. The maximum Gasteiger partial charge on any atom is 0.230 e. The fraction of sp³-hybridized carbons (Fsp3) is 0.263. The molecule has 2 aromatic carbocycles. The van der Waals surface area contributed by atoms with Crippen LogP contribution in [-0.2, 0) is 4.79 Å². The second kappa shape index (κ2) is 9.57. The third kappa shape index (κ3) is 4.82. The van der Waals surface area contributed by atoms with E-state index >= 15 is 0 Å². The van der Waals surface area contributed by atoms with Crippen LogP contribution in [0.3, 0.4) is 0 Å². The molecule has 0 aliphatic carbocycles. The van der Waals surface area contributed by atoms with Crippen molar-refractivity contribution in [1.29, 1.82) is 0 Å². The molecule has 28 heavy (non-hydrogen) atoms. The predicted molar refractivity (Wildman–Crippen MR) is 109 cm³/mol. The molecule has 146 valence electrons. The van der Waals surface area contributed by atoms with Gasteiger partial charge in [-0.15, -0.1) is 5.10 Å². The molecule has 1 N–H and O–H groups in total. The van der Waals surface area contributed by atoms with Crippen molar-refractivity contribution in [2.24, 2.45) is 0 Å². The van der Waals surface area contributed by atoms with Crippen LogP contribution < -0.4 is 10.1 Å². The second-order valence-corrected chi connectivity index (χ2v) is 7.29. The summed E-state index contributed by atoms with van der Waals surface area (Å²) in [6.07, 6.45) is 0.775. The van der Waals surface area contributed by atoms with Gasteiger partial charge in [-0.25, -0.2) is 0 Å². The van der Waals surface area contributed by atoms with Crippen LogP contribution in [0.1, 0.15) is 24.9 Å². The number of halogens is 1. The molecule has 1 unspecified atom stereocenters. The van der Waals surface area contributed by atoms with Gasteiger partial charge in [0.2, 0.25) is 11.1 Å². The minimum Gasteiger partial charge on any atom is -0.494 e. The Morgan fingerprint density at radius 1 is 1.25 bits per heavy atom. The standard InChI is InChI=1S/C19H20ClN5O2S/c1-3-15(13-8-10-14(20)11-9-13)21-18(26)12-28-19-22-23-24-25(19)16-6-4-5-7-17(16)27-2/h4-11,15H,3,12H2,1-2H3,(H,21,26). The largest absolute Gasteiger partial charge is 0.494 e. The van der Waals surface area contributed by atoms with Crippen molar-refractivity contribution in [3.05, 3.63) is 59.1 Å². The minimum absolute atomic E-state index is 0.0735. The molecule has 0 spiro atoms. The number of carbonyl (C=O) groups excluding carboxylic acids is 1. The molecule has 0 saturated carbocycles. The normalized spacial score (nSPS) is 11.8. The van der Waals surface area contributed by atoms with Gasteiger partial charge in [0, 0.05) is 5.02 Å². The van der Waals surface area contributed by atoms with Crippen LogP contribution in [-0.4, -0.2) is 39.0 Å². The Balaban J connectivity index is 1.65. The molecule has 0 saturated heterocycles. The van der Waals surface area contributed by atoms with Gasteiger partial charge in [0.1, 0.15) is 11.4 Å². The highest BCUT2D eigenvalue weighted by atomic mass is 35.5. The van der Waals surface area contributed by atoms with Gasteiger partial charge in [-0.1, -0.05) is 54.6 Å². The van der Waals surface area contributed by atoms with E-state index in [1.54, 1.807) is 11.8 Å². The van der Waals surface area contributed by atoms with E-state index in [-0.39, 0.29) is 17.7 Å². The summed E-state index contributed by atoms with van der Waals surface area (Å²) in [6, 6.07) is 14.8. The Labute approximate surface area is 172 Å². The van der Waals surface area contributed by atoms with Crippen LogP contribution in [0.5, 0.6) is 5.75 Å². The summed E-state index contributed by atoms with van der Waals surface area (Å²) >= 11 is 7.20. The van der Waals surface area contributed by atoms with Gasteiger partial charge < -0.3 is 10.1 Å². The number of carbonyl (C=O) groups is 1. The first-order chi connectivity index (χ1) is 13.6. The molecule has 1 atom stereocenters. The van der Waals surface area contributed by atoms with Crippen molar-refractivity contribution in [2.45, 2.75) is 24.5 Å². The zero-order chi connectivity index (χ0) is 19.9. The number of hydrogen-bond acceptors (Lipinski definition) is 6. The summed E-state index contributed by atoms with van der Waals surface area (Å²) in [4.78, 5) is 12.5. The second-order valence-electron chi connectivity index (χ2n) is 5.91. The number of benzene rings is 2. The molecule has 0 radical (unpaired) electrons. The molecular weight excluding hydrogens is 398 g/mol. The van der Waals surface area contributed by atoms with Crippen LogP contribution in [0.4, 0.5) is 0 Å². The van der Waals surface area contributed by atoms with Crippen molar-refractivity contribution >= 4 is 29.3 Å². The van der Waals surface area contributed by atoms with Gasteiger partial charge in [0.15, 0.2) is 0 Å². The number of aromatic nitrogens is 4. The van der Waals surface area contributed by atoms with E-state index in [2.05, 4.69) is 20.8 Å². The van der Waals surface area contributed by atoms with Crippen molar-refractivity contribution in [2.75, 3.05) is 12.9 Å². The molecule has 3 rings (SSSR count). The molecule has 1 heterocycles. The van der Waals surface area contributed by atoms with Crippen LogP contribution in [0.15, 0.2) is 53.7 Å². The molecular formula is C19H20ClN5O2S. The topological polar surface area (TPSA) is 81.9 Å². The zero-order valence-corrected chi connectivity index (χ0v) is 17.1. The number of tetrazole rings is 1. The van der Waals surface area contributed by atoms with Crippen molar-refractivity contribution in [1.82, 2.24) is 25.5 Å². The number of nitrogens with one attached hydrogen (secondary N) is 1. The predicted octanol–water partition coefficient (Wildman–Crippen LogP) is 3.68. The Morgan fingerprint density at radius 2 is 2.00 bits per heavy atom. The van der Waals surface area contributed by atoms with Crippen LogP contribution >= 0.6 is 23.4 Å². The molecule has 0 aliphatic heterocycles. The molecule has 0 aliphatic rings. The van der Waals surface area contributed by atoms with E-state index in [0.717, 1.165) is 12.0 Å². The summed E-state index contributed by atoms with van der Waals surface area (Å²) in [5.41, 5.74) is 1.73. The fourth-order valence-corrected chi connectivity index (χ4v) is 3.53. The lowest BCUT2D eigenvalue weighted by molar-refractivity contribution is -0.119. The summed E-state index contributed by atoms with van der Waals surface area (Å²) in [6.45, 7) is 2.02. The van der Waals surface area contributed by atoms with E-state index in [0.29, 0.717) is 21.6 Å². The number of amides is 1. The van der Waals surface area contributed by atoms with E-state index < -0.39 is 0 Å². The molecule has 1 amide bonds. The van der Waals surface area contributed by atoms with Crippen molar-refractivity contribution < 1.29 is 9.53 Å². The highest BCUT2D eigenvalue weighted by Crippen LogP contribution is 2.26. The lowest BCUT2D eigenvalue weighted by atomic mass is 10.0. The molecule has 1 aromatic heterocycles. The third-order valence-corrected chi connectivity index (χ3v) is 5.27. The first-order valence-electron chi connectivity index (χ1n) is 8.71. The number of thioether (sulfide) groups is 1. The Bertz CT molecular complexity index is 932. The first kappa shape index (κ1) is 20.2. The summed E-state index contributed by atoms with van der Waals surface area (Å²) in [7, 11) is 1.59. The lowest BCUT2D eigenvalue weighted by Crippen LogP contribution is -2.29.